The highest BCUT2D eigenvalue weighted by Crippen LogP contribution is 2.44. The van der Waals surface area contributed by atoms with Crippen molar-refractivity contribution in [2.24, 2.45) is 4.99 Å². The summed E-state index contributed by atoms with van der Waals surface area (Å²) in [5.74, 6) is 0. The zero-order valence-electron chi connectivity index (χ0n) is 10.3. The van der Waals surface area contributed by atoms with Crippen molar-refractivity contribution in [2.75, 3.05) is 0 Å². The summed E-state index contributed by atoms with van der Waals surface area (Å²) in [5.41, 5.74) is 1.08. The normalized spacial score (nSPS) is 24.1. The molecule has 0 amide bonds. The maximum atomic E-state index is 4.74. The highest BCUT2D eigenvalue weighted by molar-refractivity contribution is 8.86. The van der Waals surface area contributed by atoms with Crippen LogP contribution in [-0.4, -0.2) is 20.7 Å². The average molecular weight is 335 g/mol. The molecule has 20 heavy (non-hydrogen) atoms. The fourth-order valence-electron chi connectivity index (χ4n) is 2.07. The minimum Gasteiger partial charge on any atom is -0.262 e. The first-order valence-corrected chi connectivity index (χ1v) is 10.0. The second kappa shape index (κ2) is 5.60. The Morgan fingerprint density at radius 1 is 1.05 bits per heavy atom. The van der Waals surface area contributed by atoms with Crippen LogP contribution in [0.3, 0.4) is 0 Å². The molecular formula is C14H10N2S4. The second-order valence-electron chi connectivity index (χ2n) is 4.35. The van der Waals surface area contributed by atoms with Crippen LogP contribution in [0.1, 0.15) is 0 Å². The molecule has 2 unspecified atom stereocenters. The highest BCUT2D eigenvalue weighted by atomic mass is 33.1. The lowest BCUT2D eigenvalue weighted by Gasteiger charge is -2.10. The summed E-state index contributed by atoms with van der Waals surface area (Å²) in [6.07, 6.45) is 8.60. The Morgan fingerprint density at radius 2 is 1.95 bits per heavy atom. The SMILES string of the molecule is C1=CC2N=C(SSc3nc4ccccc4s3)SC2C=C1. The first-order chi connectivity index (χ1) is 9.88. The number of aromatic nitrogens is 1. The maximum absolute atomic E-state index is 4.74. The molecule has 0 N–H and O–H groups in total. The van der Waals surface area contributed by atoms with Crippen molar-refractivity contribution in [3.8, 4) is 0 Å². The second-order valence-corrected chi connectivity index (χ2v) is 9.17. The largest absolute Gasteiger partial charge is 0.262 e. The number of nitrogens with zero attached hydrogens (tertiary/aromatic N) is 2. The number of allylic oxidation sites excluding steroid dienone is 2. The fraction of sp³-hybridized carbons (Fsp3) is 0.143. The minimum absolute atomic E-state index is 0.323. The molecule has 0 saturated heterocycles. The lowest BCUT2D eigenvalue weighted by atomic mass is 10.1. The number of para-hydroxylation sites is 1. The zero-order chi connectivity index (χ0) is 13.4. The molecule has 2 heterocycles. The van der Waals surface area contributed by atoms with Gasteiger partial charge in [-0.1, -0.05) is 48.2 Å². The summed E-state index contributed by atoms with van der Waals surface area (Å²) < 4.78 is 3.50. The van der Waals surface area contributed by atoms with Crippen molar-refractivity contribution in [3.05, 3.63) is 48.6 Å². The van der Waals surface area contributed by atoms with Gasteiger partial charge in [0.05, 0.1) is 21.5 Å². The molecule has 1 aromatic heterocycles. The van der Waals surface area contributed by atoms with Gasteiger partial charge in [0.1, 0.15) is 4.38 Å². The van der Waals surface area contributed by atoms with Gasteiger partial charge in [0.15, 0.2) is 4.34 Å². The summed E-state index contributed by atoms with van der Waals surface area (Å²) in [4.78, 5) is 9.37. The van der Waals surface area contributed by atoms with E-state index in [2.05, 4.69) is 47.5 Å². The van der Waals surface area contributed by atoms with Crippen LogP contribution in [0.5, 0.6) is 0 Å². The predicted octanol–water partition coefficient (Wildman–Crippen LogP) is 5.00. The molecule has 2 aromatic rings. The van der Waals surface area contributed by atoms with Gasteiger partial charge in [-0.25, -0.2) is 4.98 Å². The highest BCUT2D eigenvalue weighted by Gasteiger charge is 2.28. The molecule has 1 aliphatic heterocycles. The van der Waals surface area contributed by atoms with E-state index in [1.807, 2.05) is 17.8 Å². The third kappa shape index (κ3) is 2.57. The number of hydrogen-bond acceptors (Lipinski definition) is 6. The number of rotatable bonds is 2. The van der Waals surface area contributed by atoms with Crippen LogP contribution >= 0.6 is 44.7 Å². The lowest BCUT2D eigenvalue weighted by Crippen LogP contribution is -2.13. The zero-order valence-corrected chi connectivity index (χ0v) is 13.6. The van der Waals surface area contributed by atoms with Crippen molar-refractivity contribution in [3.63, 3.8) is 0 Å². The summed E-state index contributed by atoms with van der Waals surface area (Å²) in [7, 11) is 3.44. The van der Waals surface area contributed by atoms with Gasteiger partial charge < -0.3 is 0 Å². The van der Waals surface area contributed by atoms with Gasteiger partial charge in [-0.2, -0.15) is 0 Å². The van der Waals surface area contributed by atoms with Gasteiger partial charge in [0.2, 0.25) is 0 Å². The van der Waals surface area contributed by atoms with Crippen LogP contribution in [0.2, 0.25) is 0 Å². The number of aliphatic imine (C=N–C) groups is 1. The van der Waals surface area contributed by atoms with Crippen LogP contribution in [0.15, 0.2) is 57.9 Å². The predicted molar refractivity (Wildman–Crippen MR) is 94.0 cm³/mol. The topological polar surface area (TPSA) is 25.2 Å². The van der Waals surface area contributed by atoms with Crippen molar-refractivity contribution in [2.45, 2.75) is 15.6 Å². The van der Waals surface area contributed by atoms with E-state index in [0.717, 1.165) is 14.2 Å². The minimum atomic E-state index is 0.323. The van der Waals surface area contributed by atoms with Crippen LogP contribution in [0, 0.1) is 0 Å². The molecular weight excluding hydrogens is 324 g/mol. The Bertz CT molecular complexity index is 699. The molecule has 2 nitrogen and oxygen atoms in total. The van der Waals surface area contributed by atoms with E-state index >= 15 is 0 Å². The van der Waals surface area contributed by atoms with Gasteiger partial charge in [-0.05, 0) is 33.7 Å². The molecule has 0 spiro atoms. The van der Waals surface area contributed by atoms with Crippen molar-refractivity contribution in [1.29, 1.82) is 0 Å². The van der Waals surface area contributed by atoms with Gasteiger partial charge in [0, 0.05) is 0 Å². The van der Waals surface area contributed by atoms with Crippen LogP contribution in [-0.2, 0) is 0 Å². The number of fused-ring (bicyclic) bond motifs is 2. The molecule has 6 heteroatoms. The van der Waals surface area contributed by atoms with Crippen molar-refractivity contribution in [1.82, 2.24) is 4.98 Å². The summed E-state index contributed by atoms with van der Waals surface area (Å²) in [5, 5.41) is 0.485. The quantitative estimate of drug-likeness (QED) is 0.721. The van der Waals surface area contributed by atoms with Crippen LogP contribution in [0.4, 0.5) is 0 Å². The number of benzene rings is 1. The van der Waals surface area contributed by atoms with E-state index in [1.165, 1.54) is 4.70 Å². The first kappa shape index (κ1) is 13.0. The van der Waals surface area contributed by atoms with Gasteiger partial charge >= 0.3 is 0 Å². The van der Waals surface area contributed by atoms with Crippen molar-refractivity contribution >= 4 is 59.3 Å². The van der Waals surface area contributed by atoms with E-state index in [-0.39, 0.29) is 0 Å². The number of thioether (sulfide) groups is 1. The molecule has 2 atom stereocenters. The molecule has 0 radical (unpaired) electrons. The Hall–Kier alpha value is -0.690. The van der Waals surface area contributed by atoms with E-state index in [9.17, 15) is 0 Å². The Morgan fingerprint density at radius 3 is 2.85 bits per heavy atom. The summed E-state index contributed by atoms with van der Waals surface area (Å²) >= 11 is 3.60. The smallest absolute Gasteiger partial charge is 0.162 e. The third-order valence-corrected chi connectivity index (χ3v) is 8.29. The van der Waals surface area contributed by atoms with E-state index in [1.54, 1.807) is 32.9 Å². The van der Waals surface area contributed by atoms with Gasteiger partial charge in [0.25, 0.3) is 0 Å². The first-order valence-electron chi connectivity index (χ1n) is 6.18. The maximum Gasteiger partial charge on any atom is 0.162 e. The standard InChI is InChI=1S/C14H10N2S4/c1-3-7-11-9(5-1)15-13(17-11)19-20-14-16-10-6-2-4-8-12(10)18-14/h1-9,11H. The molecule has 1 aliphatic carbocycles. The monoisotopic (exact) mass is 334 g/mol. The Kier molecular flexibility index (Phi) is 3.64. The molecule has 4 rings (SSSR count). The molecule has 1 aromatic carbocycles. The van der Waals surface area contributed by atoms with Crippen LogP contribution < -0.4 is 0 Å². The Balaban J connectivity index is 1.46. The number of hydrogen-bond donors (Lipinski definition) is 0. The Labute approximate surface area is 133 Å². The number of thiazole rings is 1. The van der Waals surface area contributed by atoms with E-state index in [4.69, 9.17) is 4.99 Å². The average Bonchev–Trinajstić information content (AvgIpc) is 3.07. The fourth-order valence-corrected chi connectivity index (χ4v) is 6.92. The molecule has 2 aliphatic rings. The lowest BCUT2D eigenvalue weighted by molar-refractivity contribution is 0.863. The summed E-state index contributed by atoms with van der Waals surface area (Å²) in [6.45, 7) is 0. The van der Waals surface area contributed by atoms with E-state index in [0.29, 0.717) is 11.3 Å². The molecule has 0 fully saturated rings. The molecule has 100 valence electrons. The summed E-state index contributed by atoms with van der Waals surface area (Å²) in [6, 6.07) is 8.59. The van der Waals surface area contributed by atoms with Crippen molar-refractivity contribution < 1.29 is 0 Å². The molecule has 0 bridgehead atoms. The molecule has 0 saturated carbocycles. The van der Waals surface area contributed by atoms with Crippen LogP contribution in [0.25, 0.3) is 10.2 Å². The van der Waals surface area contributed by atoms with E-state index < -0.39 is 0 Å². The third-order valence-electron chi connectivity index (χ3n) is 3.01. The van der Waals surface area contributed by atoms with Gasteiger partial charge in [-0.15, -0.1) is 11.3 Å². The van der Waals surface area contributed by atoms with Gasteiger partial charge in [-0.3, -0.25) is 4.99 Å².